The summed E-state index contributed by atoms with van der Waals surface area (Å²) in [6, 6.07) is 4.97. The van der Waals surface area contributed by atoms with Crippen LogP contribution in [0.25, 0.3) is 0 Å². The highest BCUT2D eigenvalue weighted by molar-refractivity contribution is 5.77. The molecular formula is C12H16FNO3. The molecule has 0 N–H and O–H groups in total. The van der Waals surface area contributed by atoms with Gasteiger partial charge < -0.3 is 9.57 Å². The Morgan fingerprint density at radius 2 is 2.00 bits per heavy atom. The third kappa shape index (κ3) is 3.51. The molecule has 0 saturated carbocycles. The van der Waals surface area contributed by atoms with Crippen LogP contribution < -0.4 is 0 Å². The van der Waals surface area contributed by atoms with Crippen LogP contribution in [0, 0.1) is 5.82 Å². The first-order chi connectivity index (χ1) is 8.10. The average molecular weight is 241 g/mol. The first-order valence-corrected chi connectivity index (χ1v) is 5.29. The van der Waals surface area contributed by atoms with Gasteiger partial charge >= 0.3 is 5.97 Å². The molecule has 1 aromatic rings. The molecule has 0 aliphatic heterocycles. The molecule has 4 nitrogen and oxygen atoms in total. The Labute approximate surface area is 99.9 Å². The minimum absolute atomic E-state index is 0.286. The summed E-state index contributed by atoms with van der Waals surface area (Å²) in [4.78, 5) is 16.8. The fourth-order valence-electron chi connectivity index (χ4n) is 1.47. The molecule has 1 unspecified atom stereocenters. The van der Waals surface area contributed by atoms with E-state index >= 15 is 0 Å². The lowest BCUT2D eigenvalue weighted by Crippen LogP contribution is -2.31. The molecule has 0 radical (unpaired) electrons. The second kappa shape index (κ2) is 6.32. The lowest BCUT2D eigenvalue weighted by atomic mass is 10.1. The smallest absolute Gasteiger partial charge is 0.330 e. The molecule has 17 heavy (non-hydrogen) atoms. The van der Waals surface area contributed by atoms with Gasteiger partial charge in [-0.2, -0.15) is 5.06 Å². The van der Waals surface area contributed by atoms with Crippen molar-refractivity contribution >= 4 is 5.97 Å². The Bertz CT molecular complexity index is 367. The van der Waals surface area contributed by atoms with Crippen LogP contribution in [0.3, 0.4) is 0 Å². The number of halogens is 1. The van der Waals surface area contributed by atoms with Crippen LogP contribution in [0.15, 0.2) is 24.3 Å². The van der Waals surface area contributed by atoms with Gasteiger partial charge in [0.15, 0.2) is 6.04 Å². The van der Waals surface area contributed by atoms with E-state index in [9.17, 15) is 9.18 Å². The van der Waals surface area contributed by atoms with Crippen molar-refractivity contribution in [2.75, 3.05) is 20.8 Å². The molecule has 94 valence electrons. The zero-order chi connectivity index (χ0) is 12.8. The van der Waals surface area contributed by atoms with Crippen LogP contribution >= 0.6 is 0 Å². The van der Waals surface area contributed by atoms with E-state index in [-0.39, 0.29) is 12.4 Å². The molecule has 5 heteroatoms. The van der Waals surface area contributed by atoms with Crippen LogP contribution in [0.1, 0.15) is 18.5 Å². The van der Waals surface area contributed by atoms with Crippen LogP contribution in [-0.4, -0.2) is 31.8 Å². The molecule has 1 rings (SSSR count). The van der Waals surface area contributed by atoms with Crippen molar-refractivity contribution in [1.29, 1.82) is 0 Å². The quantitative estimate of drug-likeness (QED) is 0.583. The van der Waals surface area contributed by atoms with Crippen LogP contribution in [0.5, 0.6) is 0 Å². The second-order valence-electron chi connectivity index (χ2n) is 3.43. The van der Waals surface area contributed by atoms with Crippen molar-refractivity contribution in [2.24, 2.45) is 0 Å². The number of carbonyl (C=O) groups excluding carboxylic acids is 1. The Hall–Kier alpha value is -1.46. The molecule has 0 bridgehead atoms. The number of ether oxygens (including phenoxy) is 1. The first kappa shape index (κ1) is 13.6. The van der Waals surface area contributed by atoms with Crippen molar-refractivity contribution < 1.29 is 18.8 Å². The third-order valence-electron chi connectivity index (χ3n) is 2.35. The minimum Gasteiger partial charge on any atom is -0.464 e. The fourth-order valence-corrected chi connectivity index (χ4v) is 1.47. The van der Waals surface area contributed by atoms with E-state index in [0.29, 0.717) is 5.56 Å². The van der Waals surface area contributed by atoms with Crippen molar-refractivity contribution in [3.8, 4) is 0 Å². The highest BCUT2D eigenvalue weighted by Gasteiger charge is 2.26. The Morgan fingerprint density at radius 3 is 2.47 bits per heavy atom. The summed E-state index contributed by atoms with van der Waals surface area (Å²) in [6.07, 6.45) is 0. The summed E-state index contributed by atoms with van der Waals surface area (Å²) in [5, 5.41) is 1.37. The Morgan fingerprint density at radius 1 is 1.41 bits per heavy atom. The molecule has 1 aromatic carbocycles. The molecular weight excluding hydrogens is 225 g/mol. The van der Waals surface area contributed by atoms with Crippen LogP contribution in [0.2, 0.25) is 0 Å². The maximum absolute atomic E-state index is 12.8. The predicted octanol–water partition coefficient (Wildman–Crippen LogP) is 1.92. The standard InChI is InChI=1S/C12H16FNO3/c1-4-17-12(15)11(14(2)16-3)9-5-7-10(13)8-6-9/h5-8,11H,4H2,1-3H3. The highest BCUT2D eigenvalue weighted by atomic mass is 19.1. The van der Waals surface area contributed by atoms with Crippen molar-refractivity contribution in [3.05, 3.63) is 35.6 Å². The molecule has 0 aliphatic carbocycles. The van der Waals surface area contributed by atoms with E-state index in [0.717, 1.165) is 0 Å². The molecule has 0 fully saturated rings. The number of rotatable bonds is 5. The van der Waals surface area contributed by atoms with E-state index in [1.165, 1.54) is 36.4 Å². The molecule has 0 aliphatic rings. The van der Waals surface area contributed by atoms with Gasteiger partial charge in [-0.15, -0.1) is 0 Å². The molecule has 0 spiro atoms. The third-order valence-corrected chi connectivity index (χ3v) is 2.35. The van der Waals surface area contributed by atoms with Gasteiger partial charge in [0.25, 0.3) is 0 Å². The van der Waals surface area contributed by atoms with Gasteiger partial charge in [0.05, 0.1) is 13.7 Å². The summed E-state index contributed by atoms with van der Waals surface area (Å²) >= 11 is 0. The van der Waals surface area contributed by atoms with E-state index in [1.807, 2.05) is 0 Å². The van der Waals surface area contributed by atoms with E-state index in [1.54, 1.807) is 14.0 Å². The summed E-state index contributed by atoms with van der Waals surface area (Å²) in [6.45, 7) is 2.01. The second-order valence-corrected chi connectivity index (χ2v) is 3.43. The lowest BCUT2D eigenvalue weighted by molar-refractivity contribution is -0.180. The molecule has 0 amide bonds. The predicted molar refractivity (Wildman–Crippen MR) is 60.5 cm³/mol. The monoisotopic (exact) mass is 241 g/mol. The number of likely N-dealkylation sites (N-methyl/N-ethyl adjacent to an activating group) is 1. The Balaban J connectivity index is 2.97. The molecule has 0 aromatic heterocycles. The minimum atomic E-state index is -0.694. The molecule has 1 atom stereocenters. The zero-order valence-corrected chi connectivity index (χ0v) is 10.1. The van der Waals surface area contributed by atoms with Gasteiger partial charge in [-0.05, 0) is 24.6 Å². The van der Waals surface area contributed by atoms with Crippen molar-refractivity contribution in [1.82, 2.24) is 5.06 Å². The zero-order valence-electron chi connectivity index (χ0n) is 10.1. The normalized spacial score (nSPS) is 12.5. The summed E-state index contributed by atoms with van der Waals surface area (Å²) in [5.41, 5.74) is 0.620. The first-order valence-electron chi connectivity index (χ1n) is 5.29. The average Bonchev–Trinajstić information content (AvgIpc) is 2.32. The van der Waals surface area contributed by atoms with Crippen LogP contribution in [-0.2, 0) is 14.4 Å². The number of hydrogen-bond acceptors (Lipinski definition) is 4. The van der Waals surface area contributed by atoms with Gasteiger partial charge in [0, 0.05) is 7.05 Å². The number of carbonyl (C=O) groups is 1. The number of hydroxylamine groups is 2. The van der Waals surface area contributed by atoms with Crippen LogP contribution in [0.4, 0.5) is 4.39 Å². The molecule has 0 heterocycles. The SMILES string of the molecule is CCOC(=O)C(c1ccc(F)cc1)N(C)OC. The van der Waals surface area contributed by atoms with Gasteiger partial charge in [0.2, 0.25) is 0 Å². The Kier molecular flexibility index (Phi) is 5.06. The topological polar surface area (TPSA) is 38.8 Å². The van der Waals surface area contributed by atoms with Crippen molar-refractivity contribution in [3.63, 3.8) is 0 Å². The summed E-state index contributed by atoms with van der Waals surface area (Å²) in [7, 11) is 3.07. The van der Waals surface area contributed by atoms with Gasteiger partial charge in [-0.3, -0.25) is 0 Å². The number of nitrogens with zero attached hydrogens (tertiary/aromatic N) is 1. The maximum atomic E-state index is 12.8. The fraction of sp³-hybridized carbons (Fsp3) is 0.417. The molecule has 0 saturated heterocycles. The maximum Gasteiger partial charge on any atom is 0.330 e. The van der Waals surface area contributed by atoms with E-state index < -0.39 is 12.0 Å². The van der Waals surface area contributed by atoms with E-state index in [2.05, 4.69) is 0 Å². The van der Waals surface area contributed by atoms with Gasteiger partial charge in [-0.1, -0.05) is 12.1 Å². The summed E-state index contributed by atoms with van der Waals surface area (Å²) in [5.74, 6) is -0.778. The summed E-state index contributed by atoms with van der Waals surface area (Å²) < 4.78 is 17.8. The van der Waals surface area contributed by atoms with Crippen molar-refractivity contribution in [2.45, 2.75) is 13.0 Å². The lowest BCUT2D eigenvalue weighted by Gasteiger charge is -2.24. The highest BCUT2D eigenvalue weighted by Crippen LogP contribution is 2.21. The number of benzene rings is 1. The largest absolute Gasteiger partial charge is 0.464 e. The number of esters is 1. The number of hydrogen-bond donors (Lipinski definition) is 0. The van der Waals surface area contributed by atoms with E-state index in [4.69, 9.17) is 9.57 Å². The van der Waals surface area contributed by atoms with Gasteiger partial charge in [0.1, 0.15) is 5.82 Å². The van der Waals surface area contributed by atoms with Gasteiger partial charge in [-0.25, -0.2) is 9.18 Å².